The van der Waals surface area contributed by atoms with Crippen LogP contribution in [0.15, 0.2) is 24.3 Å². The Morgan fingerprint density at radius 3 is 2.48 bits per heavy atom. The molecule has 0 spiro atoms. The van der Waals surface area contributed by atoms with Gasteiger partial charge in [0.1, 0.15) is 5.60 Å². The van der Waals surface area contributed by atoms with E-state index in [2.05, 4.69) is 17.0 Å². The molecule has 0 N–H and O–H groups in total. The lowest BCUT2D eigenvalue weighted by Crippen LogP contribution is -2.58. The van der Waals surface area contributed by atoms with Crippen molar-refractivity contribution in [1.29, 1.82) is 0 Å². The summed E-state index contributed by atoms with van der Waals surface area (Å²) in [5, 5.41) is 0.756. The summed E-state index contributed by atoms with van der Waals surface area (Å²) >= 11 is 6.06. The van der Waals surface area contributed by atoms with Crippen LogP contribution in [0.25, 0.3) is 0 Å². The molecule has 0 unspecified atom stereocenters. The van der Waals surface area contributed by atoms with E-state index >= 15 is 0 Å². The van der Waals surface area contributed by atoms with Gasteiger partial charge in [0.25, 0.3) is 0 Å². The van der Waals surface area contributed by atoms with E-state index in [9.17, 15) is 4.79 Å². The minimum atomic E-state index is -0.464. The number of benzene rings is 1. The molecule has 0 saturated carbocycles. The highest BCUT2D eigenvalue weighted by Crippen LogP contribution is 2.26. The number of piperidine rings is 1. The molecule has 6 nitrogen and oxygen atoms in total. The Kier molecular flexibility index (Phi) is 8.62. The number of rotatable bonds is 6. The number of hydrogen-bond donors (Lipinski definition) is 0. The number of carbonyl (C=O) groups is 1. The van der Waals surface area contributed by atoms with Crippen molar-refractivity contribution in [3.63, 3.8) is 0 Å². The molecule has 7 heteroatoms. The molecule has 31 heavy (non-hydrogen) atoms. The fourth-order valence-electron chi connectivity index (χ4n) is 4.35. The molecule has 0 aliphatic carbocycles. The Labute approximate surface area is 191 Å². The fraction of sp³-hybridized carbons (Fsp3) is 0.708. The molecule has 0 radical (unpaired) electrons. The normalized spacial score (nSPS) is 23.7. The van der Waals surface area contributed by atoms with Gasteiger partial charge in [-0.3, -0.25) is 4.90 Å². The van der Waals surface area contributed by atoms with E-state index in [0.717, 1.165) is 43.9 Å². The van der Waals surface area contributed by atoms with Crippen LogP contribution in [0.4, 0.5) is 4.79 Å². The highest BCUT2D eigenvalue weighted by Gasteiger charge is 2.36. The molecule has 2 aliphatic heterocycles. The van der Waals surface area contributed by atoms with Crippen LogP contribution in [-0.4, -0.2) is 79.1 Å². The van der Waals surface area contributed by atoms with Crippen LogP contribution in [0.5, 0.6) is 0 Å². The molecular formula is C24H37ClN2O4. The van der Waals surface area contributed by atoms with Crippen LogP contribution in [-0.2, 0) is 20.6 Å². The molecular weight excluding hydrogens is 416 g/mol. The first-order valence-electron chi connectivity index (χ1n) is 11.4. The van der Waals surface area contributed by atoms with E-state index in [4.69, 9.17) is 25.8 Å². The Balaban J connectivity index is 1.63. The Morgan fingerprint density at radius 2 is 1.87 bits per heavy atom. The molecule has 0 bridgehead atoms. The molecule has 0 aromatic heterocycles. The lowest BCUT2D eigenvalue weighted by atomic mass is 9.96. The third kappa shape index (κ3) is 7.35. The minimum Gasteiger partial charge on any atom is -0.444 e. The fourth-order valence-corrected chi connectivity index (χ4v) is 4.48. The van der Waals surface area contributed by atoms with Gasteiger partial charge >= 0.3 is 6.09 Å². The van der Waals surface area contributed by atoms with Crippen LogP contribution < -0.4 is 0 Å². The maximum Gasteiger partial charge on any atom is 0.410 e. The van der Waals surface area contributed by atoms with Crippen molar-refractivity contribution in [1.82, 2.24) is 9.80 Å². The SMILES string of the molecule is CCOC[C@H]1CN(C2CCN(C(=O)OC(C)(C)C)CC2)[C@@H](Cc2ccc(Cl)cc2)CO1. The number of halogens is 1. The van der Waals surface area contributed by atoms with E-state index in [1.54, 1.807) is 0 Å². The number of ether oxygens (including phenoxy) is 3. The molecule has 1 aromatic rings. The third-order valence-corrected chi connectivity index (χ3v) is 6.14. The van der Waals surface area contributed by atoms with Crippen LogP contribution in [0, 0.1) is 0 Å². The van der Waals surface area contributed by atoms with Crippen molar-refractivity contribution in [2.45, 2.75) is 70.7 Å². The smallest absolute Gasteiger partial charge is 0.410 e. The quantitative estimate of drug-likeness (QED) is 0.640. The molecule has 2 aliphatic rings. The number of amides is 1. The van der Waals surface area contributed by atoms with Crippen molar-refractivity contribution >= 4 is 17.7 Å². The van der Waals surface area contributed by atoms with E-state index in [0.29, 0.717) is 31.9 Å². The third-order valence-electron chi connectivity index (χ3n) is 5.89. The van der Waals surface area contributed by atoms with Gasteiger partial charge in [-0.2, -0.15) is 0 Å². The first-order valence-corrected chi connectivity index (χ1v) is 11.8. The molecule has 174 valence electrons. The predicted molar refractivity (Wildman–Crippen MR) is 123 cm³/mol. The second-order valence-corrected chi connectivity index (χ2v) is 9.93. The summed E-state index contributed by atoms with van der Waals surface area (Å²) in [7, 11) is 0. The molecule has 1 aromatic carbocycles. The summed E-state index contributed by atoms with van der Waals surface area (Å²) in [5.41, 5.74) is 0.798. The van der Waals surface area contributed by atoms with Gasteiger partial charge in [0, 0.05) is 43.3 Å². The molecule has 1 amide bonds. The van der Waals surface area contributed by atoms with Crippen LogP contribution in [0.2, 0.25) is 5.02 Å². The summed E-state index contributed by atoms with van der Waals surface area (Å²) in [6.45, 7) is 12.0. The lowest BCUT2D eigenvalue weighted by Gasteiger charge is -2.46. The highest BCUT2D eigenvalue weighted by atomic mass is 35.5. The number of hydrogen-bond acceptors (Lipinski definition) is 5. The van der Waals surface area contributed by atoms with E-state index in [1.807, 2.05) is 44.7 Å². The van der Waals surface area contributed by atoms with Crippen molar-refractivity contribution in [2.75, 3.05) is 39.5 Å². The van der Waals surface area contributed by atoms with E-state index < -0.39 is 5.60 Å². The Morgan fingerprint density at radius 1 is 1.19 bits per heavy atom. The van der Waals surface area contributed by atoms with E-state index in [-0.39, 0.29) is 12.2 Å². The maximum absolute atomic E-state index is 12.4. The van der Waals surface area contributed by atoms with Crippen molar-refractivity contribution in [3.05, 3.63) is 34.9 Å². The first kappa shape index (κ1) is 24.3. The Hall–Kier alpha value is -1.34. The van der Waals surface area contributed by atoms with Gasteiger partial charge in [0.15, 0.2) is 0 Å². The highest BCUT2D eigenvalue weighted by molar-refractivity contribution is 6.30. The largest absolute Gasteiger partial charge is 0.444 e. The van der Waals surface area contributed by atoms with Gasteiger partial charge < -0.3 is 19.1 Å². The summed E-state index contributed by atoms with van der Waals surface area (Å²) < 4.78 is 17.3. The first-order chi connectivity index (χ1) is 14.7. The average molecular weight is 453 g/mol. The number of likely N-dealkylation sites (tertiary alicyclic amines) is 1. The molecule has 2 fully saturated rings. The summed E-state index contributed by atoms with van der Waals surface area (Å²) in [6.07, 6.45) is 2.69. The predicted octanol–water partition coefficient (Wildman–Crippen LogP) is 4.39. The Bertz CT molecular complexity index is 699. The second kappa shape index (κ2) is 11.0. The van der Waals surface area contributed by atoms with Gasteiger partial charge in [-0.15, -0.1) is 0 Å². The van der Waals surface area contributed by atoms with Crippen LogP contribution >= 0.6 is 11.6 Å². The molecule has 2 atom stereocenters. The topological polar surface area (TPSA) is 51.2 Å². The number of nitrogens with zero attached hydrogens (tertiary/aromatic N) is 2. The zero-order valence-corrected chi connectivity index (χ0v) is 20.1. The molecule has 3 rings (SSSR count). The standard InChI is InChI=1S/C24H37ClN2O4/c1-5-29-17-22-15-27(21(16-30-22)14-18-6-8-19(25)9-7-18)20-10-12-26(13-11-20)23(28)31-24(2,3)4/h6-9,20-22H,5,10-17H2,1-4H3/t21-,22+/m0/s1. The summed E-state index contributed by atoms with van der Waals surface area (Å²) in [4.78, 5) is 16.9. The number of morpholine rings is 1. The maximum atomic E-state index is 12.4. The monoisotopic (exact) mass is 452 g/mol. The zero-order chi connectivity index (χ0) is 22.4. The van der Waals surface area contributed by atoms with E-state index in [1.165, 1.54) is 5.56 Å². The molecule has 2 saturated heterocycles. The van der Waals surface area contributed by atoms with Crippen molar-refractivity contribution < 1.29 is 19.0 Å². The summed E-state index contributed by atoms with van der Waals surface area (Å²) in [5.74, 6) is 0. The minimum absolute atomic E-state index is 0.0882. The van der Waals surface area contributed by atoms with Crippen LogP contribution in [0.3, 0.4) is 0 Å². The average Bonchev–Trinajstić information content (AvgIpc) is 2.73. The van der Waals surface area contributed by atoms with Crippen LogP contribution in [0.1, 0.15) is 46.1 Å². The van der Waals surface area contributed by atoms with Gasteiger partial charge in [0.05, 0.1) is 19.3 Å². The van der Waals surface area contributed by atoms with Crippen molar-refractivity contribution in [2.24, 2.45) is 0 Å². The number of carbonyl (C=O) groups excluding carboxylic acids is 1. The lowest BCUT2D eigenvalue weighted by molar-refractivity contribution is -0.110. The molecule has 2 heterocycles. The van der Waals surface area contributed by atoms with Gasteiger partial charge in [-0.25, -0.2) is 4.79 Å². The van der Waals surface area contributed by atoms with Gasteiger partial charge in [0.2, 0.25) is 0 Å². The van der Waals surface area contributed by atoms with Gasteiger partial charge in [-0.1, -0.05) is 23.7 Å². The second-order valence-electron chi connectivity index (χ2n) is 9.49. The van der Waals surface area contributed by atoms with Gasteiger partial charge in [-0.05, 0) is 64.7 Å². The summed E-state index contributed by atoms with van der Waals surface area (Å²) in [6, 6.07) is 8.81. The van der Waals surface area contributed by atoms with Crippen molar-refractivity contribution in [3.8, 4) is 0 Å². The zero-order valence-electron chi connectivity index (χ0n) is 19.3.